The summed E-state index contributed by atoms with van der Waals surface area (Å²) in [6.07, 6.45) is -3.79. The highest BCUT2D eigenvalue weighted by Gasteiger charge is 2.52. The quantitative estimate of drug-likeness (QED) is 0.808. The number of carbonyl (C=O) groups is 2. The van der Waals surface area contributed by atoms with Crippen LogP contribution in [0.4, 0.5) is 18.0 Å². The Labute approximate surface area is 120 Å². The van der Waals surface area contributed by atoms with Crippen molar-refractivity contribution in [3.63, 3.8) is 0 Å². The molecule has 0 aromatic heterocycles. The van der Waals surface area contributed by atoms with Gasteiger partial charge in [0.15, 0.2) is 0 Å². The normalized spacial score (nSPS) is 28.7. The molecule has 0 aromatic carbocycles. The third kappa shape index (κ3) is 3.41. The topological polar surface area (TPSA) is 58.6 Å². The fourth-order valence-electron chi connectivity index (χ4n) is 2.99. The second-order valence-corrected chi connectivity index (χ2v) is 6.50. The van der Waals surface area contributed by atoms with Gasteiger partial charge in [-0.2, -0.15) is 13.2 Å². The van der Waals surface area contributed by atoms with Crippen LogP contribution in [-0.2, 0) is 9.53 Å². The molecule has 2 heterocycles. The first-order valence-corrected chi connectivity index (χ1v) is 6.88. The van der Waals surface area contributed by atoms with Gasteiger partial charge in [0, 0.05) is 6.04 Å². The summed E-state index contributed by atoms with van der Waals surface area (Å²) < 4.78 is 42.2. The number of amides is 2. The van der Waals surface area contributed by atoms with E-state index in [2.05, 4.69) is 0 Å². The van der Waals surface area contributed by atoms with E-state index in [-0.39, 0.29) is 6.04 Å². The van der Waals surface area contributed by atoms with Gasteiger partial charge in [-0.3, -0.25) is 4.79 Å². The summed E-state index contributed by atoms with van der Waals surface area (Å²) >= 11 is 0. The Morgan fingerprint density at radius 3 is 2.33 bits per heavy atom. The van der Waals surface area contributed by atoms with Crippen LogP contribution in [0.2, 0.25) is 0 Å². The van der Waals surface area contributed by atoms with Crippen molar-refractivity contribution in [1.82, 2.24) is 10.2 Å². The Kier molecular flexibility index (Phi) is 3.84. The minimum absolute atomic E-state index is 0.164. The van der Waals surface area contributed by atoms with Gasteiger partial charge >= 0.3 is 18.2 Å². The predicted octanol–water partition coefficient (Wildman–Crippen LogP) is 2.21. The number of rotatable bonds is 1. The van der Waals surface area contributed by atoms with E-state index in [1.165, 1.54) is 4.90 Å². The molecule has 2 bridgehead atoms. The second-order valence-electron chi connectivity index (χ2n) is 6.50. The van der Waals surface area contributed by atoms with Crippen LogP contribution >= 0.6 is 0 Å². The van der Waals surface area contributed by atoms with Crippen molar-refractivity contribution in [3.05, 3.63) is 0 Å². The first-order chi connectivity index (χ1) is 9.49. The monoisotopic (exact) mass is 308 g/mol. The average Bonchev–Trinajstić information content (AvgIpc) is 2.82. The molecule has 3 atom stereocenters. The molecule has 0 aliphatic carbocycles. The molecule has 2 fully saturated rings. The summed E-state index contributed by atoms with van der Waals surface area (Å²) in [7, 11) is 0. The zero-order valence-corrected chi connectivity index (χ0v) is 12.2. The smallest absolute Gasteiger partial charge is 0.444 e. The number of hydrogen-bond donors (Lipinski definition) is 1. The number of halogens is 3. The van der Waals surface area contributed by atoms with Gasteiger partial charge < -0.3 is 15.0 Å². The minimum atomic E-state index is -4.90. The zero-order chi connectivity index (χ0) is 16.0. The average molecular weight is 308 g/mol. The molecule has 2 saturated heterocycles. The maximum Gasteiger partial charge on any atom is 0.471 e. The molecule has 0 radical (unpaired) electrons. The molecule has 120 valence electrons. The summed E-state index contributed by atoms with van der Waals surface area (Å²) in [4.78, 5) is 24.6. The molecule has 8 heteroatoms. The molecule has 5 nitrogen and oxygen atoms in total. The lowest BCUT2D eigenvalue weighted by atomic mass is 9.95. The lowest BCUT2D eigenvalue weighted by Crippen LogP contribution is -2.49. The van der Waals surface area contributed by atoms with Gasteiger partial charge in [-0.25, -0.2) is 4.79 Å². The molecular weight excluding hydrogens is 289 g/mol. The Hall–Kier alpha value is -1.47. The largest absolute Gasteiger partial charge is 0.471 e. The van der Waals surface area contributed by atoms with Crippen molar-refractivity contribution < 1.29 is 27.5 Å². The van der Waals surface area contributed by atoms with Gasteiger partial charge in [0.2, 0.25) is 0 Å². The molecule has 2 amide bonds. The number of nitrogens with zero attached hydrogens (tertiary/aromatic N) is 1. The van der Waals surface area contributed by atoms with Crippen LogP contribution in [0.1, 0.15) is 40.0 Å². The van der Waals surface area contributed by atoms with Crippen LogP contribution in [0.5, 0.6) is 0 Å². The third-order valence-electron chi connectivity index (χ3n) is 3.72. The molecule has 2 rings (SSSR count). The predicted molar refractivity (Wildman–Crippen MR) is 67.5 cm³/mol. The van der Waals surface area contributed by atoms with E-state index in [1.54, 1.807) is 20.8 Å². The first-order valence-electron chi connectivity index (χ1n) is 6.88. The van der Waals surface area contributed by atoms with Gasteiger partial charge in [0.25, 0.3) is 0 Å². The van der Waals surface area contributed by atoms with Crippen LogP contribution in [-0.4, -0.2) is 46.8 Å². The maximum absolute atomic E-state index is 12.3. The minimum Gasteiger partial charge on any atom is -0.444 e. The van der Waals surface area contributed by atoms with E-state index in [9.17, 15) is 22.8 Å². The van der Waals surface area contributed by atoms with Crippen molar-refractivity contribution in [2.45, 2.75) is 69.9 Å². The highest BCUT2D eigenvalue weighted by Crippen LogP contribution is 2.39. The van der Waals surface area contributed by atoms with Crippen molar-refractivity contribution in [2.75, 3.05) is 0 Å². The SMILES string of the molecule is CC(C)(C)OC(=O)N1[C@H]2CC[C@@H]1[C@H](NC(=O)C(F)(F)F)C2. The van der Waals surface area contributed by atoms with E-state index in [0.717, 1.165) is 6.42 Å². The van der Waals surface area contributed by atoms with Crippen molar-refractivity contribution in [3.8, 4) is 0 Å². The van der Waals surface area contributed by atoms with Crippen LogP contribution in [0, 0.1) is 0 Å². The number of nitrogens with one attached hydrogen (secondary N) is 1. The second kappa shape index (κ2) is 5.06. The van der Waals surface area contributed by atoms with Crippen LogP contribution in [0.15, 0.2) is 0 Å². The molecule has 2 aliphatic rings. The van der Waals surface area contributed by atoms with E-state index in [1.807, 2.05) is 5.32 Å². The third-order valence-corrected chi connectivity index (χ3v) is 3.72. The number of ether oxygens (including phenoxy) is 1. The maximum atomic E-state index is 12.3. The van der Waals surface area contributed by atoms with Crippen LogP contribution in [0.25, 0.3) is 0 Å². The zero-order valence-electron chi connectivity index (χ0n) is 12.2. The number of hydrogen-bond acceptors (Lipinski definition) is 3. The van der Waals surface area contributed by atoms with E-state index in [4.69, 9.17) is 4.74 Å². The molecule has 1 N–H and O–H groups in total. The summed E-state index contributed by atoms with van der Waals surface area (Å²) in [5, 5.41) is 1.98. The standard InChI is InChI=1S/C13H19F3N2O3/c1-12(2,3)21-11(20)18-7-4-5-9(18)8(6-7)17-10(19)13(14,15)16/h7-9H,4-6H2,1-3H3,(H,17,19)/t7-,8+,9+/m0/s1. The summed E-state index contributed by atoms with van der Waals surface area (Å²) in [5.74, 6) is -1.95. The van der Waals surface area contributed by atoms with E-state index >= 15 is 0 Å². The Morgan fingerprint density at radius 2 is 1.81 bits per heavy atom. The van der Waals surface area contributed by atoms with Crippen LogP contribution in [0.3, 0.4) is 0 Å². The summed E-state index contributed by atoms with van der Waals surface area (Å²) in [6.45, 7) is 5.18. The molecule has 0 aromatic rings. The van der Waals surface area contributed by atoms with E-state index < -0.39 is 35.9 Å². The highest BCUT2D eigenvalue weighted by atomic mass is 19.4. The Morgan fingerprint density at radius 1 is 1.19 bits per heavy atom. The number of carbonyl (C=O) groups excluding carboxylic acids is 2. The summed E-state index contributed by atoms with van der Waals surface area (Å²) in [5.41, 5.74) is -0.663. The van der Waals surface area contributed by atoms with Gasteiger partial charge in [-0.1, -0.05) is 0 Å². The fourth-order valence-corrected chi connectivity index (χ4v) is 2.99. The van der Waals surface area contributed by atoms with Gasteiger partial charge in [0.1, 0.15) is 5.60 Å². The first kappa shape index (κ1) is 15.9. The van der Waals surface area contributed by atoms with Gasteiger partial charge in [0.05, 0.1) is 12.1 Å². The molecule has 0 unspecified atom stereocenters. The Bertz CT molecular complexity index is 445. The molecular formula is C13H19F3N2O3. The van der Waals surface area contributed by atoms with Gasteiger partial charge in [-0.05, 0) is 40.0 Å². The number of alkyl halides is 3. The molecule has 21 heavy (non-hydrogen) atoms. The van der Waals surface area contributed by atoms with Crippen LogP contribution < -0.4 is 5.32 Å². The van der Waals surface area contributed by atoms with Crippen molar-refractivity contribution in [2.24, 2.45) is 0 Å². The van der Waals surface area contributed by atoms with Crippen molar-refractivity contribution in [1.29, 1.82) is 0 Å². The molecule has 0 spiro atoms. The van der Waals surface area contributed by atoms with Gasteiger partial charge in [-0.15, -0.1) is 0 Å². The highest BCUT2D eigenvalue weighted by molar-refractivity contribution is 5.82. The molecule has 2 aliphatic heterocycles. The fraction of sp³-hybridized carbons (Fsp3) is 0.846. The molecule has 0 saturated carbocycles. The lowest BCUT2D eigenvalue weighted by Gasteiger charge is -2.28. The van der Waals surface area contributed by atoms with Crippen molar-refractivity contribution >= 4 is 12.0 Å². The Balaban J connectivity index is 2.02. The summed E-state index contributed by atoms with van der Waals surface area (Å²) in [6, 6.07) is -1.25. The van der Waals surface area contributed by atoms with E-state index in [0.29, 0.717) is 12.8 Å². The lowest BCUT2D eigenvalue weighted by molar-refractivity contribution is -0.174. The number of fused-ring (bicyclic) bond motifs is 2.